The molecule has 0 aromatic heterocycles. The van der Waals surface area contributed by atoms with Gasteiger partial charge in [-0.15, -0.1) is 0 Å². The second-order valence-corrected chi connectivity index (χ2v) is 7.18. The van der Waals surface area contributed by atoms with Gasteiger partial charge in [0, 0.05) is 13.1 Å². The smallest absolute Gasteiger partial charge is 0.339 e. The zero-order chi connectivity index (χ0) is 17.4. The van der Waals surface area contributed by atoms with Gasteiger partial charge in [0.1, 0.15) is 0 Å². The van der Waals surface area contributed by atoms with Crippen LogP contribution in [0.1, 0.15) is 18.1 Å². The molecule has 0 saturated heterocycles. The van der Waals surface area contributed by atoms with Crippen molar-refractivity contribution in [3.8, 4) is 0 Å². The average molecular weight is 347 g/mol. The number of carbonyl (C=O) groups is 1. The van der Waals surface area contributed by atoms with Crippen molar-refractivity contribution < 1.29 is 14.3 Å². The fourth-order valence-corrected chi connectivity index (χ4v) is 3.23. The molecule has 0 radical (unpaired) electrons. The number of nitrogens with one attached hydrogen (secondary N) is 3. The number of rotatable bonds is 8. The maximum absolute atomic E-state index is 12.1. The Balaban J connectivity index is 1.79. The Morgan fingerprint density at radius 2 is 1.50 bits per heavy atom. The first-order chi connectivity index (χ1) is 11.5. The summed E-state index contributed by atoms with van der Waals surface area (Å²) in [6.07, 6.45) is 0. The van der Waals surface area contributed by atoms with Gasteiger partial charge in [-0.05, 0) is 18.1 Å². The third-order valence-electron chi connectivity index (χ3n) is 3.41. The molecule has 0 aliphatic heterocycles. The number of carbonyl (C=O) groups excluding carboxylic acids is 1. The van der Waals surface area contributed by atoms with Crippen molar-refractivity contribution in [2.45, 2.75) is 26.1 Å². The third-order valence-corrected chi connectivity index (χ3v) is 4.74. The Morgan fingerprint density at radius 3 is 2.04 bits per heavy atom. The molecule has 2 aromatic carbocycles. The average Bonchev–Trinajstić information content (AvgIpc) is 2.59. The monoisotopic (exact) mass is 347 g/mol. The summed E-state index contributed by atoms with van der Waals surface area (Å²) < 4.78 is 12.1. The van der Waals surface area contributed by atoms with E-state index in [4.69, 9.17) is 0 Å². The molecule has 0 aliphatic rings. The van der Waals surface area contributed by atoms with Crippen LogP contribution in [0.15, 0.2) is 60.7 Å². The first-order valence-corrected chi connectivity index (χ1v) is 9.33. The van der Waals surface area contributed by atoms with Crippen LogP contribution in [0.5, 0.6) is 0 Å². The number of hydrogen-bond acceptors (Lipinski definition) is 2. The summed E-state index contributed by atoms with van der Waals surface area (Å²) in [4.78, 5) is 22.0. The number of hydrogen-bond donors (Lipinski definition) is 4. The van der Waals surface area contributed by atoms with Gasteiger partial charge in [-0.2, -0.15) is 0 Å². The Morgan fingerprint density at radius 1 is 1.00 bits per heavy atom. The van der Waals surface area contributed by atoms with Gasteiger partial charge >= 0.3 is 7.67 Å². The highest BCUT2D eigenvalue weighted by atomic mass is 31.2. The quantitative estimate of drug-likeness (QED) is 0.550. The van der Waals surface area contributed by atoms with Crippen LogP contribution < -0.4 is 15.5 Å². The molecule has 0 heterocycles. The van der Waals surface area contributed by atoms with Crippen LogP contribution in [-0.2, 0) is 22.4 Å². The van der Waals surface area contributed by atoms with Crippen LogP contribution in [0, 0.1) is 0 Å². The van der Waals surface area contributed by atoms with Crippen LogP contribution in [0.2, 0.25) is 0 Å². The molecule has 24 heavy (non-hydrogen) atoms. The molecule has 6 nitrogen and oxygen atoms in total. The molecule has 2 aromatic rings. The van der Waals surface area contributed by atoms with Gasteiger partial charge < -0.3 is 10.2 Å². The highest BCUT2D eigenvalue weighted by Crippen LogP contribution is 2.30. The molecule has 0 bridgehead atoms. The Kier molecular flexibility index (Phi) is 6.70. The third kappa shape index (κ3) is 6.26. The second kappa shape index (κ2) is 8.76. The van der Waals surface area contributed by atoms with E-state index >= 15 is 0 Å². The molecule has 0 aliphatic carbocycles. The zero-order valence-electron chi connectivity index (χ0n) is 13.5. The standard InChI is InChI=1S/C17H22N3O3P/c1-14(17(21)18-12-15-8-4-2-5-9-15)20-24(22,23)19-13-16-10-6-3-7-11-16/h2-11,14H,12-13H2,1H3,(H,18,21)(H3,19,20,22,23)/t14-/m0/s1. The lowest BCUT2D eigenvalue weighted by Gasteiger charge is -2.19. The van der Waals surface area contributed by atoms with E-state index in [1.807, 2.05) is 60.7 Å². The van der Waals surface area contributed by atoms with Gasteiger partial charge in [0.2, 0.25) is 5.91 Å². The van der Waals surface area contributed by atoms with Crippen molar-refractivity contribution in [3.05, 3.63) is 71.8 Å². The van der Waals surface area contributed by atoms with E-state index in [1.165, 1.54) is 0 Å². The van der Waals surface area contributed by atoms with Crippen LogP contribution in [-0.4, -0.2) is 16.8 Å². The highest BCUT2D eigenvalue weighted by molar-refractivity contribution is 7.53. The molecule has 1 unspecified atom stereocenters. The van der Waals surface area contributed by atoms with Crippen molar-refractivity contribution in [1.82, 2.24) is 15.5 Å². The van der Waals surface area contributed by atoms with Gasteiger partial charge in [-0.3, -0.25) is 9.36 Å². The summed E-state index contributed by atoms with van der Waals surface area (Å²) in [6, 6.07) is 18.0. The van der Waals surface area contributed by atoms with Gasteiger partial charge in [-0.25, -0.2) is 10.2 Å². The van der Waals surface area contributed by atoms with E-state index in [-0.39, 0.29) is 12.5 Å². The lowest BCUT2D eigenvalue weighted by atomic mass is 10.2. The van der Waals surface area contributed by atoms with Crippen LogP contribution in [0.25, 0.3) is 0 Å². The zero-order valence-corrected chi connectivity index (χ0v) is 14.4. The lowest BCUT2D eigenvalue weighted by molar-refractivity contribution is -0.122. The highest BCUT2D eigenvalue weighted by Gasteiger charge is 2.24. The SMILES string of the molecule is C[C@H](NP(=O)(O)NCc1ccccc1)C(=O)NCc1ccccc1. The van der Waals surface area contributed by atoms with Crippen molar-refractivity contribution >= 4 is 13.6 Å². The fourth-order valence-electron chi connectivity index (χ4n) is 2.10. The topological polar surface area (TPSA) is 90.5 Å². The number of benzene rings is 2. The predicted octanol–water partition coefficient (Wildman–Crippen LogP) is 2.17. The van der Waals surface area contributed by atoms with Crippen LogP contribution in [0.4, 0.5) is 0 Å². The summed E-state index contributed by atoms with van der Waals surface area (Å²) >= 11 is 0. The van der Waals surface area contributed by atoms with Crippen molar-refractivity contribution in [2.24, 2.45) is 0 Å². The molecule has 128 valence electrons. The van der Waals surface area contributed by atoms with Gasteiger partial charge in [-0.1, -0.05) is 60.7 Å². The van der Waals surface area contributed by atoms with E-state index in [2.05, 4.69) is 15.5 Å². The van der Waals surface area contributed by atoms with Gasteiger partial charge in [0.15, 0.2) is 0 Å². The normalized spacial score (nSPS) is 14.6. The molecule has 0 saturated carbocycles. The molecule has 1 amide bonds. The molecule has 2 rings (SSSR count). The summed E-state index contributed by atoms with van der Waals surface area (Å²) in [5, 5.41) is 7.74. The van der Waals surface area contributed by atoms with E-state index in [0.717, 1.165) is 11.1 Å². The molecule has 4 N–H and O–H groups in total. The Hall–Kier alpha value is -1.98. The summed E-state index contributed by atoms with van der Waals surface area (Å²) in [7, 11) is -3.82. The molecular formula is C17H22N3O3P. The Labute approximate surface area is 141 Å². The lowest BCUT2D eigenvalue weighted by Crippen LogP contribution is -2.42. The molecule has 7 heteroatoms. The maximum Gasteiger partial charge on any atom is 0.339 e. The second-order valence-electron chi connectivity index (χ2n) is 5.45. The molecule has 2 atom stereocenters. The minimum atomic E-state index is -3.82. The van der Waals surface area contributed by atoms with Crippen molar-refractivity contribution in [1.29, 1.82) is 0 Å². The number of amides is 1. The minimum absolute atomic E-state index is 0.236. The fraction of sp³-hybridized carbons (Fsp3) is 0.235. The molecular weight excluding hydrogens is 325 g/mol. The van der Waals surface area contributed by atoms with Crippen LogP contribution in [0.3, 0.4) is 0 Å². The minimum Gasteiger partial charge on any atom is -0.351 e. The summed E-state index contributed by atoms with van der Waals surface area (Å²) in [6.45, 7) is 2.16. The summed E-state index contributed by atoms with van der Waals surface area (Å²) in [5.41, 5.74) is 1.85. The predicted molar refractivity (Wildman–Crippen MR) is 94.0 cm³/mol. The first-order valence-electron chi connectivity index (χ1n) is 7.67. The molecule has 0 spiro atoms. The van der Waals surface area contributed by atoms with E-state index < -0.39 is 13.7 Å². The largest absolute Gasteiger partial charge is 0.351 e. The first kappa shape index (κ1) is 18.4. The van der Waals surface area contributed by atoms with Crippen molar-refractivity contribution in [3.63, 3.8) is 0 Å². The van der Waals surface area contributed by atoms with E-state index in [9.17, 15) is 14.3 Å². The molecule has 0 fully saturated rings. The maximum atomic E-state index is 12.1. The van der Waals surface area contributed by atoms with E-state index in [1.54, 1.807) is 6.92 Å². The van der Waals surface area contributed by atoms with Crippen LogP contribution >= 0.6 is 7.67 Å². The van der Waals surface area contributed by atoms with Gasteiger partial charge in [0.05, 0.1) is 6.04 Å². The summed E-state index contributed by atoms with van der Waals surface area (Å²) in [5.74, 6) is -0.338. The van der Waals surface area contributed by atoms with E-state index in [0.29, 0.717) is 6.54 Å². The van der Waals surface area contributed by atoms with Crippen molar-refractivity contribution in [2.75, 3.05) is 0 Å². The Bertz CT molecular complexity index is 695. The van der Waals surface area contributed by atoms with Gasteiger partial charge in [0.25, 0.3) is 0 Å².